The number of urea groups is 1. The smallest absolute Gasteiger partial charge is 0.321 e. The van der Waals surface area contributed by atoms with E-state index in [1.807, 2.05) is 12.2 Å². The van der Waals surface area contributed by atoms with Crippen molar-refractivity contribution in [1.29, 1.82) is 0 Å². The Morgan fingerprint density at radius 3 is 2.54 bits per heavy atom. The Morgan fingerprint density at radius 1 is 1.11 bits per heavy atom. The van der Waals surface area contributed by atoms with Crippen LogP contribution in [0.4, 0.5) is 4.79 Å². The van der Waals surface area contributed by atoms with E-state index < -0.39 is 41.1 Å². The predicted octanol–water partition coefficient (Wildman–Crippen LogP) is 0.623. The number of carbonyl (C=O) groups excluding carboxylic acids is 3. The van der Waals surface area contributed by atoms with Crippen molar-refractivity contribution in [3.05, 3.63) is 29.3 Å². The summed E-state index contributed by atoms with van der Waals surface area (Å²) in [4.78, 5) is 34.6. The number of benzene rings is 1. The molecule has 1 aromatic carbocycles. The number of rotatable bonds is 8. The topological polar surface area (TPSA) is 131 Å². The monoisotopic (exact) mass is 411 g/mol. The van der Waals surface area contributed by atoms with Crippen LogP contribution >= 0.6 is 0 Å². The largest absolute Gasteiger partial charge is 0.455 e. The summed E-state index contributed by atoms with van der Waals surface area (Å²) in [7, 11) is -3.87. The molecule has 28 heavy (non-hydrogen) atoms. The molecular weight excluding hydrogens is 386 g/mol. The minimum absolute atomic E-state index is 0.0892. The molecule has 0 unspecified atom stereocenters. The number of hydrogen-bond acceptors (Lipinski definition) is 6. The van der Waals surface area contributed by atoms with Crippen molar-refractivity contribution in [2.45, 2.75) is 43.9 Å². The Balaban J connectivity index is 1.80. The molecule has 3 N–H and O–H groups in total. The van der Waals surface area contributed by atoms with Crippen LogP contribution in [0.15, 0.2) is 23.1 Å². The number of carbonyl (C=O) groups is 3. The van der Waals surface area contributed by atoms with Crippen LogP contribution in [0.2, 0.25) is 0 Å². The molecule has 0 atom stereocenters. The second-order valence-corrected chi connectivity index (χ2v) is 8.19. The lowest BCUT2D eigenvalue weighted by atomic mass is 9.92. The molecule has 3 amide bonds. The predicted molar refractivity (Wildman–Crippen MR) is 101 cm³/mol. The molecule has 154 valence electrons. The van der Waals surface area contributed by atoms with Crippen LogP contribution in [0, 0.1) is 0 Å². The normalized spacial score (nSPS) is 13.3. The van der Waals surface area contributed by atoms with Gasteiger partial charge in [0.05, 0.1) is 4.90 Å². The molecule has 0 aliphatic heterocycles. The summed E-state index contributed by atoms with van der Waals surface area (Å²) in [5.74, 6) is -1.73. The van der Waals surface area contributed by atoms with Gasteiger partial charge in [-0.25, -0.2) is 13.2 Å². The molecular formula is C18H25N3O6S. The number of aryl methyl sites for hydroxylation is 2. The maximum atomic E-state index is 12.4. The number of ether oxygens (including phenoxy) is 1. The van der Waals surface area contributed by atoms with E-state index in [0.29, 0.717) is 13.0 Å². The molecule has 0 spiro atoms. The van der Waals surface area contributed by atoms with Crippen LogP contribution in [0.25, 0.3) is 0 Å². The summed E-state index contributed by atoms with van der Waals surface area (Å²) in [6, 6.07) is 4.26. The van der Waals surface area contributed by atoms with Crippen LogP contribution in [0.3, 0.4) is 0 Å². The Hall–Kier alpha value is -2.46. The van der Waals surface area contributed by atoms with Crippen molar-refractivity contribution in [3.8, 4) is 0 Å². The summed E-state index contributed by atoms with van der Waals surface area (Å²) >= 11 is 0. The third-order valence-electron chi connectivity index (χ3n) is 4.19. The highest BCUT2D eigenvalue weighted by Gasteiger charge is 2.19. The van der Waals surface area contributed by atoms with E-state index in [0.717, 1.165) is 36.8 Å². The van der Waals surface area contributed by atoms with Crippen molar-refractivity contribution in [1.82, 2.24) is 15.4 Å². The molecule has 0 aromatic heterocycles. The van der Waals surface area contributed by atoms with E-state index in [-0.39, 0.29) is 4.90 Å². The van der Waals surface area contributed by atoms with Gasteiger partial charge in [-0.1, -0.05) is 13.0 Å². The standard InChI is InChI=1S/C18H25N3O6S/c1-2-9-19-18(24)21-16(22)12-27-17(23)11-20-28(25,26)15-8-7-13-5-3-4-6-14(13)10-15/h7-8,10,20H,2-6,9,11-12H2,1H3,(H2,19,21,22,24). The molecule has 0 heterocycles. The molecule has 2 rings (SSSR count). The lowest BCUT2D eigenvalue weighted by Crippen LogP contribution is -2.42. The minimum atomic E-state index is -3.87. The van der Waals surface area contributed by atoms with Gasteiger partial charge in [0.2, 0.25) is 10.0 Å². The van der Waals surface area contributed by atoms with Gasteiger partial charge in [0, 0.05) is 6.54 Å². The first kappa shape index (κ1) is 21.8. The summed E-state index contributed by atoms with van der Waals surface area (Å²) < 4.78 is 31.5. The van der Waals surface area contributed by atoms with E-state index >= 15 is 0 Å². The number of imide groups is 1. The van der Waals surface area contributed by atoms with E-state index in [2.05, 4.69) is 14.8 Å². The first-order chi connectivity index (χ1) is 13.3. The average molecular weight is 411 g/mol. The van der Waals surface area contributed by atoms with Gasteiger partial charge in [-0.2, -0.15) is 4.72 Å². The van der Waals surface area contributed by atoms with Crippen LogP contribution in [-0.2, 0) is 37.2 Å². The molecule has 0 fully saturated rings. The van der Waals surface area contributed by atoms with E-state index in [1.54, 1.807) is 12.1 Å². The molecule has 1 aliphatic carbocycles. The molecule has 0 radical (unpaired) electrons. The van der Waals surface area contributed by atoms with Gasteiger partial charge in [-0.3, -0.25) is 14.9 Å². The second kappa shape index (κ2) is 10.2. The van der Waals surface area contributed by atoms with Crippen LogP contribution in [-0.4, -0.2) is 46.0 Å². The van der Waals surface area contributed by atoms with Gasteiger partial charge in [0.25, 0.3) is 5.91 Å². The Morgan fingerprint density at radius 2 is 1.82 bits per heavy atom. The SMILES string of the molecule is CCCNC(=O)NC(=O)COC(=O)CNS(=O)(=O)c1ccc2c(c1)CCCC2. The number of sulfonamides is 1. The number of fused-ring (bicyclic) bond motifs is 1. The maximum absolute atomic E-state index is 12.4. The summed E-state index contributed by atoms with van der Waals surface area (Å²) in [6.07, 6.45) is 4.60. The third-order valence-corrected chi connectivity index (χ3v) is 5.59. The Kier molecular flexibility index (Phi) is 7.94. The lowest BCUT2D eigenvalue weighted by Gasteiger charge is -2.16. The average Bonchev–Trinajstić information content (AvgIpc) is 2.68. The zero-order valence-electron chi connectivity index (χ0n) is 15.7. The summed E-state index contributed by atoms with van der Waals surface area (Å²) in [6.45, 7) is 0.964. The van der Waals surface area contributed by atoms with E-state index in [1.165, 1.54) is 6.07 Å². The first-order valence-corrected chi connectivity index (χ1v) is 10.6. The fourth-order valence-electron chi connectivity index (χ4n) is 2.76. The summed E-state index contributed by atoms with van der Waals surface area (Å²) in [5, 5.41) is 4.43. The molecule has 0 bridgehead atoms. The Bertz CT molecular complexity index is 838. The van der Waals surface area contributed by atoms with Gasteiger partial charge in [-0.05, 0) is 55.4 Å². The highest BCUT2D eigenvalue weighted by atomic mass is 32.2. The van der Waals surface area contributed by atoms with Crippen molar-refractivity contribution < 1.29 is 27.5 Å². The van der Waals surface area contributed by atoms with Gasteiger partial charge in [0.1, 0.15) is 6.54 Å². The number of nitrogens with one attached hydrogen (secondary N) is 3. The molecule has 1 aromatic rings. The van der Waals surface area contributed by atoms with E-state index in [9.17, 15) is 22.8 Å². The summed E-state index contributed by atoms with van der Waals surface area (Å²) in [5.41, 5.74) is 2.16. The zero-order chi connectivity index (χ0) is 20.6. The second-order valence-electron chi connectivity index (χ2n) is 6.43. The maximum Gasteiger partial charge on any atom is 0.321 e. The van der Waals surface area contributed by atoms with Crippen LogP contribution in [0.1, 0.15) is 37.3 Å². The van der Waals surface area contributed by atoms with Gasteiger partial charge >= 0.3 is 12.0 Å². The highest BCUT2D eigenvalue weighted by molar-refractivity contribution is 7.89. The van der Waals surface area contributed by atoms with E-state index in [4.69, 9.17) is 0 Å². The van der Waals surface area contributed by atoms with Crippen molar-refractivity contribution in [2.75, 3.05) is 19.7 Å². The quantitative estimate of drug-likeness (QED) is 0.538. The van der Waals surface area contributed by atoms with Crippen LogP contribution in [0.5, 0.6) is 0 Å². The Labute approximate surface area is 164 Å². The van der Waals surface area contributed by atoms with Gasteiger partial charge in [0.15, 0.2) is 6.61 Å². The lowest BCUT2D eigenvalue weighted by molar-refractivity contribution is -0.147. The van der Waals surface area contributed by atoms with Crippen molar-refractivity contribution >= 4 is 27.9 Å². The van der Waals surface area contributed by atoms with Gasteiger partial charge in [-0.15, -0.1) is 0 Å². The fraction of sp³-hybridized carbons (Fsp3) is 0.500. The molecule has 1 aliphatic rings. The first-order valence-electron chi connectivity index (χ1n) is 9.16. The zero-order valence-corrected chi connectivity index (χ0v) is 16.6. The number of hydrogen-bond donors (Lipinski definition) is 3. The third kappa shape index (κ3) is 6.61. The van der Waals surface area contributed by atoms with Crippen LogP contribution < -0.4 is 15.4 Å². The highest BCUT2D eigenvalue weighted by Crippen LogP contribution is 2.23. The molecule has 10 heteroatoms. The molecule has 9 nitrogen and oxygen atoms in total. The van der Waals surface area contributed by atoms with Gasteiger partial charge < -0.3 is 10.1 Å². The van der Waals surface area contributed by atoms with Crippen molar-refractivity contribution in [2.24, 2.45) is 0 Å². The number of esters is 1. The minimum Gasteiger partial charge on any atom is -0.455 e. The molecule has 0 saturated heterocycles. The fourth-order valence-corrected chi connectivity index (χ4v) is 3.78. The van der Waals surface area contributed by atoms with Crippen molar-refractivity contribution in [3.63, 3.8) is 0 Å². The molecule has 0 saturated carbocycles. The number of amides is 3.